The van der Waals surface area contributed by atoms with Crippen LogP contribution in [-0.4, -0.2) is 92.7 Å². The number of nitrogens with two attached hydrogens (primary N) is 1. The zero-order valence-electron chi connectivity index (χ0n) is 11.9. The van der Waals surface area contributed by atoms with Crippen LogP contribution in [0.2, 0.25) is 0 Å². The third kappa shape index (κ3) is 4.55. The summed E-state index contributed by atoms with van der Waals surface area (Å²) in [5.41, 5.74) is 5.71. The van der Waals surface area contributed by atoms with Gasteiger partial charge in [0, 0.05) is 12.6 Å². The molecule has 0 aromatic carbocycles. The molecule has 0 bridgehead atoms. The number of ether oxygens (including phenoxy) is 1. The van der Waals surface area contributed by atoms with Gasteiger partial charge in [0.15, 0.2) is 0 Å². The molecule has 8 atom stereocenters. The average molecular weight is 310 g/mol. The number of rotatable bonds is 7. The SMILES string of the molecule is CC[C@@H](O)[C@@H](O)[C@@H](N)CN[C@@H]1OC(CO)[C@H](O)[C@H](O)C1O. The third-order valence-electron chi connectivity index (χ3n) is 3.70. The highest BCUT2D eigenvalue weighted by atomic mass is 16.6. The molecule has 1 aliphatic heterocycles. The van der Waals surface area contributed by atoms with Crippen molar-refractivity contribution in [2.75, 3.05) is 13.2 Å². The Bertz CT molecular complexity index is 307. The lowest BCUT2D eigenvalue weighted by Crippen LogP contribution is -2.64. The Balaban J connectivity index is 2.53. The van der Waals surface area contributed by atoms with E-state index in [1.165, 1.54) is 0 Å². The molecule has 0 amide bonds. The lowest BCUT2D eigenvalue weighted by Gasteiger charge is -2.40. The fourth-order valence-electron chi connectivity index (χ4n) is 2.17. The van der Waals surface area contributed by atoms with Crippen LogP contribution in [0.25, 0.3) is 0 Å². The molecule has 1 fully saturated rings. The van der Waals surface area contributed by atoms with E-state index >= 15 is 0 Å². The molecule has 2 unspecified atom stereocenters. The second kappa shape index (κ2) is 8.32. The molecule has 0 aliphatic carbocycles. The topological polar surface area (TPSA) is 169 Å². The normalized spacial score (nSPS) is 38.0. The fraction of sp³-hybridized carbons (Fsp3) is 1.00. The predicted molar refractivity (Wildman–Crippen MR) is 72.0 cm³/mol. The van der Waals surface area contributed by atoms with Crippen LogP contribution in [0, 0.1) is 0 Å². The largest absolute Gasteiger partial charge is 0.394 e. The highest BCUT2D eigenvalue weighted by molar-refractivity contribution is 4.92. The Morgan fingerprint density at radius 3 is 2.29 bits per heavy atom. The number of hydrogen-bond acceptors (Lipinski definition) is 9. The monoisotopic (exact) mass is 310 g/mol. The number of aliphatic hydroxyl groups is 6. The van der Waals surface area contributed by atoms with Crippen molar-refractivity contribution < 1.29 is 35.4 Å². The van der Waals surface area contributed by atoms with E-state index in [1.54, 1.807) is 6.92 Å². The van der Waals surface area contributed by atoms with Gasteiger partial charge in [0.2, 0.25) is 0 Å². The van der Waals surface area contributed by atoms with Gasteiger partial charge in [0.1, 0.15) is 30.6 Å². The summed E-state index contributed by atoms with van der Waals surface area (Å²) in [4.78, 5) is 0. The Kier molecular flexibility index (Phi) is 7.40. The first-order chi connectivity index (χ1) is 9.83. The summed E-state index contributed by atoms with van der Waals surface area (Å²) in [7, 11) is 0. The van der Waals surface area contributed by atoms with E-state index in [2.05, 4.69) is 5.32 Å². The van der Waals surface area contributed by atoms with Crippen LogP contribution < -0.4 is 11.1 Å². The summed E-state index contributed by atoms with van der Waals surface area (Å²) in [6.45, 7) is 1.18. The summed E-state index contributed by atoms with van der Waals surface area (Å²) in [5.74, 6) is 0. The lowest BCUT2D eigenvalue weighted by molar-refractivity contribution is -0.236. The van der Waals surface area contributed by atoms with Gasteiger partial charge in [-0.25, -0.2) is 0 Å². The molecule has 9 N–H and O–H groups in total. The molecular weight excluding hydrogens is 284 g/mol. The fourth-order valence-corrected chi connectivity index (χ4v) is 2.17. The minimum absolute atomic E-state index is 0.000910. The smallest absolute Gasteiger partial charge is 0.137 e. The molecule has 21 heavy (non-hydrogen) atoms. The molecule has 0 aromatic heterocycles. The summed E-state index contributed by atoms with van der Waals surface area (Å²) >= 11 is 0. The van der Waals surface area contributed by atoms with Crippen LogP contribution in [0.3, 0.4) is 0 Å². The second-order valence-electron chi connectivity index (χ2n) is 5.29. The van der Waals surface area contributed by atoms with Crippen molar-refractivity contribution in [3.63, 3.8) is 0 Å². The van der Waals surface area contributed by atoms with Crippen molar-refractivity contribution in [2.24, 2.45) is 5.73 Å². The van der Waals surface area contributed by atoms with Gasteiger partial charge in [0.05, 0.1) is 18.8 Å². The van der Waals surface area contributed by atoms with Gasteiger partial charge in [-0.2, -0.15) is 0 Å². The van der Waals surface area contributed by atoms with Crippen molar-refractivity contribution in [1.29, 1.82) is 0 Å². The number of hydrogen-bond donors (Lipinski definition) is 8. The molecule has 0 spiro atoms. The first kappa shape index (κ1) is 18.7. The van der Waals surface area contributed by atoms with Crippen LogP contribution in [0.4, 0.5) is 0 Å². The minimum Gasteiger partial charge on any atom is -0.394 e. The summed E-state index contributed by atoms with van der Waals surface area (Å²) in [6.07, 6.45) is -8.15. The maximum atomic E-state index is 9.80. The van der Waals surface area contributed by atoms with Crippen LogP contribution in [0.5, 0.6) is 0 Å². The van der Waals surface area contributed by atoms with Crippen LogP contribution in [-0.2, 0) is 4.74 Å². The van der Waals surface area contributed by atoms with E-state index in [4.69, 9.17) is 15.6 Å². The Labute approximate surface area is 123 Å². The Morgan fingerprint density at radius 1 is 1.14 bits per heavy atom. The van der Waals surface area contributed by atoms with Gasteiger partial charge < -0.3 is 41.1 Å². The lowest BCUT2D eigenvalue weighted by atomic mass is 9.98. The van der Waals surface area contributed by atoms with Gasteiger partial charge in [0.25, 0.3) is 0 Å². The molecule has 0 radical (unpaired) electrons. The average Bonchev–Trinajstić information content (AvgIpc) is 2.50. The quantitative estimate of drug-likeness (QED) is 0.232. The highest BCUT2D eigenvalue weighted by Gasteiger charge is 2.43. The van der Waals surface area contributed by atoms with Crippen molar-refractivity contribution in [2.45, 2.75) is 62.2 Å². The molecule has 1 rings (SSSR count). The van der Waals surface area contributed by atoms with Crippen LogP contribution in [0.1, 0.15) is 13.3 Å². The van der Waals surface area contributed by atoms with Gasteiger partial charge in [-0.15, -0.1) is 0 Å². The molecule has 1 saturated heterocycles. The summed E-state index contributed by atoms with van der Waals surface area (Å²) < 4.78 is 5.23. The third-order valence-corrected chi connectivity index (χ3v) is 3.70. The maximum absolute atomic E-state index is 9.80. The Hall–Kier alpha value is -0.360. The van der Waals surface area contributed by atoms with E-state index in [-0.39, 0.29) is 6.54 Å². The van der Waals surface area contributed by atoms with E-state index < -0.39 is 55.5 Å². The number of aliphatic hydroxyl groups excluding tert-OH is 6. The van der Waals surface area contributed by atoms with Crippen LogP contribution >= 0.6 is 0 Å². The van der Waals surface area contributed by atoms with Crippen LogP contribution in [0.15, 0.2) is 0 Å². The Morgan fingerprint density at radius 2 is 1.76 bits per heavy atom. The first-order valence-electron chi connectivity index (χ1n) is 6.99. The summed E-state index contributed by atoms with van der Waals surface area (Å²) in [6, 6.07) is -0.813. The van der Waals surface area contributed by atoms with E-state index in [0.717, 1.165) is 0 Å². The van der Waals surface area contributed by atoms with Gasteiger partial charge in [-0.3, -0.25) is 5.32 Å². The first-order valence-corrected chi connectivity index (χ1v) is 6.99. The zero-order chi connectivity index (χ0) is 16.2. The molecular formula is C12H26N2O7. The number of nitrogens with one attached hydrogen (secondary N) is 1. The highest BCUT2D eigenvalue weighted by Crippen LogP contribution is 2.19. The maximum Gasteiger partial charge on any atom is 0.137 e. The molecule has 1 heterocycles. The molecule has 9 heteroatoms. The zero-order valence-corrected chi connectivity index (χ0v) is 11.9. The van der Waals surface area contributed by atoms with Crippen molar-refractivity contribution in [3.05, 3.63) is 0 Å². The molecule has 1 aliphatic rings. The van der Waals surface area contributed by atoms with Crippen molar-refractivity contribution >= 4 is 0 Å². The van der Waals surface area contributed by atoms with Gasteiger partial charge in [-0.1, -0.05) is 6.92 Å². The summed E-state index contributed by atoms with van der Waals surface area (Å²) in [5, 5.41) is 60.0. The molecule has 9 nitrogen and oxygen atoms in total. The van der Waals surface area contributed by atoms with Crippen molar-refractivity contribution in [3.8, 4) is 0 Å². The molecule has 0 saturated carbocycles. The minimum atomic E-state index is -1.48. The predicted octanol–water partition coefficient (Wildman–Crippen LogP) is -4.16. The van der Waals surface area contributed by atoms with E-state index in [1.807, 2.05) is 0 Å². The molecule has 126 valence electrons. The molecule has 0 aromatic rings. The standard InChI is InChI=1S/C12H26N2O7/c1-2-6(16)8(17)5(13)3-14-12-11(20)10(19)9(18)7(4-15)21-12/h5-12,14-20H,2-4,13H2,1H3/t5-,6+,7?,8-,9-,10-,11?,12+/m0/s1. The van der Waals surface area contributed by atoms with E-state index in [9.17, 15) is 25.5 Å². The van der Waals surface area contributed by atoms with Gasteiger partial charge >= 0.3 is 0 Å². The van der Waals surface area contributed by atoms with E-state index in [0.29, 0.717) is 6.42 Å². The second-order valence-corrected chi connectivity index (χ2v) is 5.29. The van der Waals surface area contributed by atoms with Gasteiger partial charge in [-0.05, 0) is 6.42 Å². The van der Waals surface area contributed by atoms with Crippen molar-refractivity contribution in [1.82, 2.24) is 5.32 Å².